The lowest BCUT2D eigenvalue weighted by Gasteiger charge is -2.15. The first-order chi connectivity index (χ1) is 7.63. The zero-order valence-corrected chi connectivity index (χ0v) is 8.06. The SMILES string of the molecule is OCc1ccc(C(F)(F)F)c(OC(F)(F)F)c1. The second-order valence-electron chi connectivity index (χ2n) is 3.03. The van der Waals surface area contributed by atoms with Crippen LogP contribution in [0, 0.1) is 0 Å². The molecule has 8 heteroatoms. The maximum atomic E-state index is 12.3. The van der Waals surface area contributed by atoms with Gasteiger partial charge < -0.3 is 9.84 Å². The van der Waals surface area contributed by atoms with Gasteiger partial charge in [0.2, 0.25) is 0 Å². The Morgan fingerprint density at radius 2 is 1.65 bits per heavy atom. The van der Waals surface area contributed by atoms with Crippen molar-refractivity contribution in [2.75, 3.05) is 0 Å². The molecule has 0 aliphatic carbocycles. The molecule has 0 saturated carbocycles. The van der Waals surface area contributed by atoms with E-state index in [0.29, 0.717) is 12.1 Å². The number of ether oxygens (including phenoxy) is 1. The molecule has 0 spiro atoms. The highest BCUT2D eigenvalue weighted by molar-refractivity contribution is 5.39. The van der Waals surface area contributed by atoms with E-state index in [0.717, 1.165) is 6.07 Å². The van der Waals surface area contributed by atoms with Crippen LogP contribution in [0.2, 0.25) is 0 Å². The molecule has 1 rings (SSSR count). The van der Waals surface area contributed by atoms with Crippen LogP contribution < -0.4 is 4.74 Å². The molecule has 0 amide bonds. The van der Waals surface area contributed by atoms with Crippen molar-refractivity contribution in [1.29, 1.82) is 0 Å². The lowest BCUT2D eigenvalue weighted by molar-refractivity contribution is -0.276. The van der Waals surface area contributed by atoms with Gasteiger partial charge in [-0.1, -0.05) is 6.07 Å². The van der Waals surface area contributed by atoms with Crippen molar-refractivity contribution in [3.63, 3.8) is 0 Å². The molecule has 0 atom stereocenters. The normalized spacial score (nSPS) is 12.6. The Kier molecular flexibility index (Phi) is 3.56. The average Bonchev–Trinajstić information content (AvgIpc) is 2.13. The first-order valence-electron chi connectivity index (χ1n) is 4.20. The van der Waals surface area contributed by atoms with Crippen LogP contribution in [-0.4, -0.2) is 11.5 Å². The Morgan fingerprint density at radius 3 is 2.06 bits per heavy atom. The summed E-state index contributed by atoms with van der Waals surface area (Å²) >= 11 is 0. The molecule has 0 aromatic heterocycles. The number of hydrogen-bond donors (Lipinski definition) is 1. The maximum absolute atomic E-state index is 12.3. The zero-order chi connectivity index (χ0) is 13.3. The summed E-state index contributed by atoms with van der Waals surface area (Å²) in [7, 11) is 0. The van der Waals surface area contributed by atoms with Crippen LogP contribution in [0.25, 0.3) is 0 Å². The molecular formula is C9H6F6O2. The fourth-order valence-electron chi connectivity index (χ4n) is 1.11. The molecule has 1 aromatic carbocycles. The number of benzene rings is 1. The Bertz CT molecular complexity index is 395. The largest absolute Gasteiger partial charge is 0.573 e. The summed E-state index contributed by atoms with van der Waals surface area (Å²) in [6, 6.07) is 1.79. The van der Waals surface area contributed by atoms with E-state index in [1.165, 1.54) is 0 Å². The van der Waals surface area contributed by atoms with Crippen molar-refractivity contribution in [1.82, 2.24) is 0 Å². The maximum Gasteiger partial charge on any atom is 0.573 e. The number of aliphatic hydroxyl groups is 1. The van der Waals surface area contributed by atoms with Crippen LogP contribution in [0.15, 0.2) is 18.2 Å². The Labute approximate surface area is 91.4 Å². The summed E-state index contributed by atoms with van der Waals surface area (Å²) in [4.78, 5) is 0. The predicted octanol–water partition coefficient (Wildman–Crippen LogP) is 3.10. The summed E-state index contributed by atoms with van der Waals surface area (Å²) in [5.41, 5.74) is -1.66. The van der Waals surface area contributed by atoms with Gasteiger partial charge in [0.25, 0.3) is 0 Å². The van der Waals surface area contributed by atoms with Gasteiger partial charge in [0.05, 0.1) is 12.2 Å². The smallest absolute Gasteiger partial charge is 0.405 e. The number of aliphatic hydroxyl groups excluding tert-OH is 1. The molecule has 0 radical (unpaired) electrons. The van der Waals surface area contributed by atoms with E-state index < -0.39 is 30.5 Å². The molecule has 0 aliphatic rings. The summed E-state index contributed by atoms with van der Waals surface area (Å²) in [6.07, 6.45) is -10.2. The Morgan fingerprint density at radius 1 is 1.06 bits per heavy atom. The highest BCUT2D eigenvalue weighted by Crippen LogP contribution is 2.38. The molecule has 0 bridgehead atoms. The van der Waals surface area contributed by atoms with E-state index in [-0.39, 0.29) is 5.56 Å². The highest BCUT2D eigenvalue weighted by Gasteiger charge is 2.39. The molecular weight excluding hydrogens is 254 g/mol. The van der Waals surface area contributed by atoms with Crippen molar-refractivity contribution in [3.05, 3.63) is 29.3 Å². The Hall–Kier alpha value is -1.44. The van der Waals surface area contributed by atoms with E-state index in [1.54, 1.807) is 0 Å². The standard InChI is InChI=1S/C9H6F6O2/c10-8(11,12)6-2-1-5(4-16)3-7(6)17-9(13,14)15/h1-3,16H,4H2. The molecule has 1 N–H and O–H groups in total. The minimum Gasteiger partial charge on any atom is -0.405 e. The molecule has 0 aliphatic heterocycles. The number of hydrogen-bond acceptors (Lipinski definition) is 2. The van der Waals surface area contributed by atoms with Crippen molar-refractivity contribution >= 4 is 0 Å². The first kappa shape index (κ1) is 13.6. The first-order valence-corrected chi connectivity index (χ1v) is 4.20. The van der Waals surface area contributed by atoms with Crippen molar-refractivity contribution in [2.45, 2.75) is 19.1 Å². The second-order valence-corrected chi connectivity index (χ2v) is 3.03. The van der Waals surface area contributed by atoms with E-state index >= 15 is 0 Å². The third kappa shape index (κ3) is 3.81. The van der Waals surface area contributed by atoms with Crippen LogP contribution in [0.5, 0.6) is 5.75 Å². The van der Waals surface area contributed by atoms with Crippen molar-refractivity contribution < 1.29 is 36.2 Å². The van der Waals surface area contributed by atoms with Gasteiger partial charge in [-0.25, -0.2) is 0 Å². The van der Waals surface area contributed by atoms with Gasteiger partial charge in [0.15, 0.2) is 0 Å². The quantitative estimate of drug-likeness (QED) is 0.828. The highest BCUT2D eigenvalue weighted by atomic mass is 19.4. The number of rotatable bonds is 2. The lowest BCUT2D eigenvalue weighted by atomic mass is 10.1. The van der Waals surface area contributed by atoms with Crippen LogP contribution in [-0.2, 0) is 12.8 Å². The molecule has 2 nitrogen and oxygen atoms in total. The van der Waals surface area contributed by atoms with E-state index in [2.05, 4.69) is 4.74 Å². The fourth-order valence-corrected chi connectivity index (χ4v) is 1.11. The minimum atomic E-state index is -5.23. The van der Waals surface area contributed by atoms with Gasteiger partial charge in [-0.3, -0.25) is 0 Å². The predicted molar refractivity (Wildman–Crippen MR) is 44.0 cm³/mol. The lowest BCUT2D eigenvalue weighted by Crippen LogP contribution is -2.20. The van der Waals surface area contributed by atoms with E-state index in [4.69, 9.17) is 5.11 Å². The topological polar surface area (TPSA) is 29.5 Å². The number of halogens is 6. The molecule has 96 valence electrons. The van der Waals surface area contributed by atoms with Gasteiger partial charge in [0, 0.05) is 0 Å². The van der Waals surface area contributed by atoms with Crippen molar-refractivity contribution in [2.24, 2.45) is 0 Å². The molecule has 0 unspecified atom stereocenters. The van der Waals surface area contributed by atoms with Gasteiger partial charge in [-0.2, -0.15) is 13.2 Å². The number of alkyl halides is 6. The summed E-state index contributed by atoms with van der Waals surface area (Å²) in [6.45, 7) is -0.688. The summed E-state index contributed by atoms with van der Waals surface area (Å²) in [5.74, 6) is -1.38. The van der Waals surface area contributed by atoms with E-state index in [1.807, 2.05) is 0 Å². The van der Waals surface area contributed by atoms with Crippen LogP contribution >= 0.6 is 0 Å². The van der Waals surface area contributed by atoms with Gasteiger partial charge >= 0.3 is 12.5 Å². The molecule has 1 aromatic rings. The third-order valence-corrected chi connectivity index (χ3v) is 1.76. The van der Waals surface area contributed by atoms with Gasteiger partial charge in [0.1, 0.15) is 5.75 Å². The molecule has 0 fully saturated rings. The zero-order valence-electron chi connectivity index (χ0n) is 8.06. The summed E-state index contributed by atoms with van der Waals surface area (Å²) < 4.78 is 76.0. The Balaban J connectivity index is 3.22. The van der Waals surface area contributed by atoms with Gasteiger partial charge in [-0.15, -0.1) is 13.2 Å². The van der Waals surface area contributed by atoms with E-state index in [9.17, 15) is 26.3 Å². The second kappa shape index (κ2) is 4.44. The molecule has 17 heavy (non-hydrogen) atoms. The van der Waals surface area contributed by atoms with Gasteiger partial charge in [-0.05, 0) is 17.7 Å². The molecule has 0 saturated heterocycles. The summed E-state index contributed by atoms with van der Waals surface area (Å²) in [5, 5.41) is 8.64. The van der Waals surface area contributed by atoms with Crippen LogP contribution in [0.3, 0.4) is 0 Å². The van der Waals surface area contributed by atoms with Crippen LogP contribution in [0.1, 0.15) is 11.1 Å². The molecule has 0 heterocycles. The average molecular weight is 260 g/mol. The fraction of sp³-hybridized carbons (Fsp3) is 0.333. The van der Waals surface area contributed by atoms with Crippen molar-refractivity contribution in [3.8, 4) is 5.75 Å². The van der Waals surface area contributed by atoms with Crippen LogP contribution in [0.4, 0.5) is 26.3 Å². The third-order valence-electron chi connectivity index (χ3n) is 1.76. The minimum absolute atomic E-state index is 0.114. The monoisotopic (exact) mass is 260 g/mol.